The Labute approximate surface area is 95.0 Å². The summed E-state index contributed by atoms with van der Waals surface area (Å²) in [6, 6.07) is -0.140. The Bertz CT molecular complexity index is 299. The Morgan fingerprint density at radius 2 is 1.93 bits per heavy atom. The third kappa shape index (κ3) is 4.22. The molecule has 0 aliphatic heterocycles. The summed E-state index contributed by atoms with van der Waals surface area (Å²) in [6.07, 6.45) is 0.869. The molecule has 0 spiro atoms. The Balaban J connectivity index is 2.58. The smallest absolute Gasteiger partial charge is 0.276 e. The Hall–Kier alpha value is -0.550. The van der Waals surface area contributed by atoms with Gasteiger partial charge in [0.15, 0.2) is 0 Å². The molecule has 5 heteroatoms. The van der Waals surface area contributed by atoms with Crippen molar-refractivity contribution in [2.24, 2.45) is 11.7 Å². The van der Waals surface area contributed by atoms with Gasteiger partial charge in [-0.25, -0.2) is 0 Å². The summed E-state index contributed by atoms with van der Waals surface area (Å²) in [5.41, 5.74) is 5.93. The molecular formula is C10H19N3OS. The molecule has 1 heterocycles. The van der Waals surface area contributed by atoms with Crippen molar-refractivity contribution in [2.45, 2.75) is 50.6 Å². The lowest BCUT2D eigenvalue weighted by Gasteiger charge is -2.08. The van der Waals surface area contributed by atoms with Crippen molar-refractivity contribution < 1.29 is 4.42 Å². The molecule has 1 unspecified atom stereocenters. The van der Waals surface area contributed by atoms with Gasteiger partial charge in [-0.1, -0.05) is 39.5 Å². The maximum absolute atomic E-state index is 5.93. The van der Waals surface area contributed by atoms with E-state index in [4.69, 9.17) is 10.2 Å². The summed E-state index contributed by atoms with van der Waals surface area (Å²) < 4.78 is 5.47. The van der Waals surface area contributed by atoms with Crippen LogP contribution in [0.1, 0.15) is 46.0 Å². The molecule has 1 rings (SSSR count). The van der Waals surface area contributed by atoms with Crippen LogP contribution < -0.4 is 5.73 Å². The molecule has 0 amide bonds. The van der Waals surface area contributed by atoms with Crippen LogP contribution in [0.5, 0.6) is 0 Å². The summed E-state index contributed by atoms with van der Waals surface area (Å²) >= 11 is 1.56. The topological polar surface area (TPSA) is 64.9 Å². The number of hydrogen-bond donors (Lipinski definition) is 1. The van der Waals surface area contributed by atoms with E-state index >= 15 is 0 Å². The number of aromatic nitrogens is 2. The second kappa shape index (κ2) is 5.51. The van der Waals surface area contributed by atoms with Gasteiger partial charge in [0.2, 0.25) is 5.89 Å². The van der Waals surface area contributed by atoms with Gasteiger partial charge in [-0.3, -0.25) is 0 Å². The van der Waals surface area contributed by atoms with Gasteiger partial charge < -0.3 is 10.2 Å². The van der Waals surface area contributed by atoms with E-state index in [1.807, 2.05) is 0 Å². The van der Waals surface area contributed by atoms with Crippen molar-refractivity contribution in [3.8, 4) is 0 Å². The molecule has 4 nitrogen and oxygen atoms in total. The molecule has 0 saturated heterocycles. The van der Waals surface area contributed by atoms with E-state index in [2.05, 4.69) is 37.9 Å². The molecule has 0 aromatic carbocycles. The molecule has 0 aliphatic rings. The molecule has 86 valence electrons. The average molecular weight is 229 g/mol. The molecule has 0 fully saturated rings. The van der Waals surface area contributed by atoms with Crippen molar-refractivity contribution in [1.82, 2.24) is 10.2 Å². The molecule has 1 aromatic rings. The minimum Gasteiger partial charge on any atom is -0.414 e. The van der Waals surface area contributed by atoms with Gasteiger partial charge in [-0.15, -0.1) is 10.2 Å². The van der Waals surface area contributed by atoms with Crippen LogP contribution >= 0.6 is 11.8 Å². The van der Waals surface area contributed by atoms with Crippen LogP contribution in [-0.4, -0.2) is 15.4 Å². The van der Waals surface area contributed by atoms with E-state index in [1.165, 1.54) is 0 Å². The molecule has 1 atom stereocenters. The van der Waals surface area contributed by atoms with Crippen LogP contribution in [0.15, 0.2) is 9.64 Å². The Kier molecular flexibility index (Phi) is 4.60. The summed E-state index contributed by atoms with van der Waals surface area (Å²) in [6.45, 7) is 8.42. The zero-order chi connectivity index (χ0) is 11.4. The predicted octanol–water partition coefficient (Wildman–Crippen LogP) is 2.62. The molecule has 0 saturated carbocycles. The van der Waals surface area contributed by atoms with Crippen molar-refractivity contribution in [2.75, 3.05) is 0 Å². The van der Waals surface area contributed by atoms with Crippen molar-refractivity contribution in [1.29, 1.82) is 0 Å². The maximum atomic E-state index is 5.93. The number of nitrogens with two attached hydrogens (primary N) is 1. The molecule has 0 radical (unpaired) electrons. The Morgan fingerprint density at radius 3 is 2.47 bits per heavy atom. The minimum absolute atomic E-state index is 0.140. The van der Waals surface area contributed by atoms with Crippen molar-refractivity contribution in [3.05, 3.63) is 5.89 Å². The third-order valence-electron chi connectivity index (χ3n) is 1.80. The van der Waals surface area contributed by atoms with Gasteiger partial charge in [0, 0.05) is 5.25 Å². The first-order chi connectivity index (χ1) is 6.99. The predicted molar refractivity (Wildman–Crippen MR) is 61.7 cm³/mol. The van der Waals surface area contributed by atoms with E-state index in [0.717, 1.165) is 6.42 Å². The fraction of sp³-hybridized carbons (Fsp3) is 0.800. The standard InChI is InChI=1S/C10H19N3OS/c1-6(2)5-8(11)9-12-13-10(14-9)15-7(3)4/h6-8H,5,11H2,1-4H3. The van der Waals surface area contributed by atoms with Crippen LogP contribution in [-0.2, 0) is 0 Å². The van der Waals surface area contributed by atoms with E-state index in [0.29, 0.717) is 22.3 Å². The zero-order valence-corrected chi connectivity index (χ0v) is 10.5. The molecule has 0 aliphatic carbocycles. The average Bonchev–Trinajstić information content (AvgIpc) is 2.50. The van der Waals surface area contributed by atoms with Crippen LogP contribution in [0.4, 0.5) is 0 Å². The number of nitrogens with zero attached hydrogens (tertiary/aromatic N) is 2. The maximum Gasteiger partial charge on any atom is 0.276 e. The van der Waals surface area contributed by atoms with E-state index in [9.17, 15) is 0 Å². The highest BCUT2D eigenvalue weighted by Gasteiger charge is 2.16. The van der Waals surface area contributed by atoms with Gasteiger partial charge in [0.25, 0.3) is 5.22 Å². The van der Waals surface area contributed by atoms with Crippen molar-refractivity contribution in [3.63, 3.8) is 0 Å². The quantitative estimate of drug-likeness (QED) is 0.786. The lowest BCUT2D eigenvalue weighted by molar-refractivity contribution is 0.360. The van der Waals surface area contributed by atoms with Crippen LogP contribution in [0.2, 0.25) is 0 Å². The second-order valence-corrected chi connectivity index (χ2v) is 5.84. The summed E-state index contributed by atoms with van der Waals surface area (Å²) in [7, 11) is 0. The Morgan fingerprint density at radius 1 is 1.27 bits per heavy atom. The monoisotopic (exact) mass is 229 g/mol. The lowest BCUT2D eigenvalue weighted by Crippen LogP contribution is -2.13. The fourth-order valence-electron chi connectivity index (χ4n) is 1.23. The molecule has 15 heavy (non-hydrogen) atoms. The largest absolute Gasteiger partial charge is 0.414 e. The highest BCUT2D eigenvalue weighted by molar-refractivity contribution is 7.99. The molecule has 2 N–H and O–H groups in total. The first kappa shape index (κ1) is 12.5. The number of rotatable bonds is 5. The SMILES string of the molecule is CC(C)CC(N)c1nnc(SC(C)C)o1. The molecule has 1 aromatic heterocycles. The van der Waals surface area contributed by atoms with E-state index in [-0.39, 0.29) is 6.04 Å². The van der Waals surface area contributed by atoms with Crippen LogP contribution in [0.25, 0.3) is 0 Å². The molecular weight excluding hydrogens is 210 g/mol. The molecule has 0 bridgehead atoms. The van der Waals surface area contributed by atoms with Gasteiger partial charge in [-0.05, 0) is 12.3 Å². The van der Waals surface area contributed by atoms with E-state index < -0.39 is 0 Å². The first-order valence-corrected chi connectivity index (χ1v) is 6.12. The van der Waals surface area contributed by atoms with Gasteiger partial charge in [0.1, 0.15) is 0 Å². The van der Waals surface area contributed by atoms with E-state index in [1.54, 1.807) is 11.8 Å². The van der Waals surface area contributed by atoms with Crippen LogP contribution in [0.3, 0.4) is 0 Å². The van der Waals surface area contributed by atoms with Crippen LogP contribution in [0, 0.1) is 5.92 Å². The summed E-state index contributed by atoms with van der Waals surface area (Å²) in [5, 5.41) is 8.97. The first-order valence-electron chi connectivity index (χ1n) is 5.24. The lowest BCUT2D eigenvalue weighted by atomic mass is 10.1. The third-order valence-corrected chi connectivity index (χ3v) is 2.64. The normalized spacial score (nSPS) is 13.8. The minimum atomic E-state index is -0.140. The highest BCUT2D eigenvalue weighted by atomic mass is 32.2. The highest BCUT2D eigenvalue weighted by Crippen LogP contribution is 2.24. The van der Waals surface area contributed by atoms with Gasteiger partial charge in [-0.2, -0.15) is 0 Å². The fourth-order valence-corrected chi connectivity index (χ4v) is 1.85. The van der Waals surface area contributed by atoms with Gasteiger partial charge in [0.05, 0.1) is 6.04 Å². The summed E-state index contributed by atoms with van der Waals surface area (Å²) in [5.74, 6) is 1.08. The van der Waals surface area contributed by atoms with Gasteiger partial charge >= 0.3 is 0 Å². The van der Waals surface area contributed by atoms with Crippen molar-refractivity contribution >= 4 is 11.8 Å². The zero-order valence-electron chi connectivity index (χ0n) is 9.73. The second-order valence-electron chi connectivity index (χ2n) is 4.31. The number of hydrogen-bond acceptors (Lipinski definition) is 5. The summed E-state index contributed by atoms with van der Waals surface area (Å²) in [4.78, 5) is 0. The number of thioether (sulfide) groups is 1.